The molecule has 5 aliphatic carbocycles. The molecule has 0 nitrogen and oxygen atoms in total. The molecule has 0 radical (unpaired) electrons. The molecule has 3 saturated carbocycles. The molecule has 1 aromatic carbocycles. The van der Waals surface area contributed by atoms with Gasteiger partial charge in [-0.05, 0) is 87.1 Å². The fourth-order valence-electron chi connectivity index (χ4n) is 12.8. The second kappa shape index (κ2) is 5.37. The number of benzene rings is 1. The summed E-state index contributed by atoms with van der Waals surface area (Å²) in [5, 5.41) is 0. The number of hydrogen-bond acceptors (Lipinski definition) is 0. The van der Waals surface area contributed by atoms with Crippen molar-refractivity contribution in [3.63, 3.8) is 0 Å². The maximum Gasteiger partial charge on any atom is 0.00149 e. The molecule has 5 aliphatic rings. The van der Waals surface area contributed by atoms with Crippen LogP contribution in [0.5, 0.6) is 0 Å². The lowest BCUT2D eigenvalue weighted by molar-refractivity contribution is -0.0936. The Bertz CT molecular complexity index is 1130. The Hall–Kier alpha value is -1.04. The van der Waals surface area contributed by atoms with Crippen molar-refractivity contribution in [2.75, 3.05) is 0 Å². The normalized spacial score (nSPS) is 53.8. The molecule has 33 heavy (non-hydrogen) atoms. The van der Waals surface area contributed by atoms with Crippen molar-refractivity contribution >= 4 is 0 Å². The van der Waals surface area contributed by atoms with Crippen LogP contribution in [0.2, 0.25) is 0 Å². The largest absolute Gasteiger partial charge is 0.0670 e. The lowest BCUT2D eigenvalue weighted by atomic mass is 9.41. The van der Waals surface area contributed by atoms with E-state index in [2.05, 4.69) is 114 Å². The number of hydrogen-bond donors (Lipinski definition) is 0. The summed E-state index contributed by atoms with van der Waals surface area (Å²) in [5.74, 6) is 3.41. The van der Waals surface area contributed by atoms with E-state index in [4.69, 9.17) is 0 Å². The first-order chi connectivity index (χ1) is 14.9. The van der Waals surface area contributed by atoms with E-state index >= 15 is 0 Å². The van der Waals surface area contributed by atoms with Crippen LogP contribution in [0.25, 0.3) is 0 Å². The Kier molecular flexibility index (Phi) is 3.65. The second-order valence-corrected chi connectivity index (χ2v) is 15.5. The molecule has 9 unspecified atom stereocenters. The zero-order valence-electron chi connectivity index (χ0n) is 23.7. The molecular formula is C33H48. The molecule has 180 valence electrons. The van der Waals surface area contributed by atoms with Gasteiger partial charge in [0.15, 0.2) is 0 Å². The van der Waals surface area contributed by atoms with E-state index in [1.807, 2.05) is 0 Å². The van der Waals surface area contributed by atoms with Crippen molar-refractivity contribution in [1.29, 1.82) is 0 Å². The molecule has 0 saturated heterocycles. The van der Waals surface area contributed by atoms with Crippen LogP contribution in [0.3, 0.4) is 0 Å². The Balaban J connectivity index is 1.77. The lowest BCUT2D eigenvalue weighted by Crippen LogP contribution is -2.56. The lowest BCUT2D eigenvalue weighted by Gasteiger charge is -2.62. The first kappa shape index (κ1) is 22.4. The third-order valence-corrected chi connectivity index (χ3v) is 16.1. The topological polar surface area (TPSA) is 0 Å². The van der Waals surface area contributed by atoms with Gasteiger partial charge in [0.25, 0.3) is 0 Å². The van der Waals surface area contributed by atoms with E-state index in [0.29, 0.717) is 39.9 Å². The van der Waals surface area contributed by atoms with Crippen LogP contribution in [-0.4, -0.2) is 0 Å². The van der Waals surface area contributed by atoms with Crippen molar-refractivity contribution < 1.29 is 0 Å². The molecule has 4 bridgehead atoms. The molecule has 0 spiro atoms. The van der Waals surface area contributed by atoms with Gasteiger partial charge < -0.3 is 0 Å². The Morgan fingerprint density at radius 2 is 1.09 bits per heavy atom. The van der Waals surface area contributed by atoms with Gasteiger partial charge >= 0.3 is 0 Å². The molecule has 1 aromatic rings. The summed E-state index contributed by atoms with van der Waals surface area (Å²) < 4.78 is 0. The highest BCUT2D eigenvalue weighted by atomic mass is 14.9. The second-order valence-electron chi connectivity index (χ2n) is 15.5. The van der Waals surface area contributed by atoms with Gasteiger partial charge in [-0.2, -0.15) is 0 Å². The fraction of sp³-hybridized carbons (Fsp3) is 0.758. The fourth-order valence-corrected chi connectivity index (χ4v) is 12.8. The minimum atomic E-state index is 0.219. The van der Waals surface area contributed by atoms with Crippen molar-refractivity contribution in [2.24, 2.45) is 55.7 Å². The Morgan fingerprint density at radius 3 is 1.64 bits per heavy atom. The van der Waals surface area contributed by atoms with Crippen LogP contribution >= 0.6 is 0 Å². The SMILES string of the molecule is CC1=C(C)C2(C)C3C(c4ccccc4C4C3C3(C)C(C)(C)C(C)C4(C)C3(C)C)C1(C)C2(C)C. The van der Waals surface area contributed by atoms with E-state index in [1.165, 1.54) is 0 Å². The van der Waals surface area contributed by atoms with Gasteiger partial charge in [0, 0.05) is 5.41 Å². The molecule has 9 atom stereocenters. The number of rotatable bonds is 0. The minimum Gasteiger partial charge on any atom is -0.0670 e. The smallest absolute Gasteiger partial charge is 0.00149 e. The predicted molar refractivity (Wildman–Crippen MR) is 140 cm³/mol. The predicted octanol–water partition coefficient (Wildman–Crippen LogP) is 9.23. The van der Waals surface area contributed by atoms with E-state index in [-0.39, 0.29) is 21.7 Å². The standard InChI is InChI=1S/C33H48/c1-18-19(2)31(11)25-23(30(18,10)28(31,6)7)21-16-14-15-17-22(21)24-26(25)33(13)27(4,5)20(3)32(24,12)29(33,8)9/h14-17,20,23-26H,1-13H3. The highest BCUT2D eigenvalue weighted by Gasteiger charge is 2.87. The molecule has 0 amide bonds. The average molecular weight is 445 g/mol. The van der Waals surface area contributed by atoms with Gasteiger partial charge in [-0.1, -0.05) is 112 Å². The van der Waals surface area contributed by atoms with Crippen molar-refractivity contribution in [3.05, 3.63) is 46.5 Å². The maximum absolute atomic E-state index is 2.74. The van der Waals surface area contributed by atoms with Crippen LogP contribution in [0.15, 0.2) is 35.4 Å². The molecule has 0 N–H and O–H groups in total. The first-order valence-electron chi connectivity index (χ1n) is 13.7. The minimum absolute atomic E-state index is 0.219. The van der Waals surface area contributed by atoms with Crippen LogP contribution in [0.4, 0.5) is 0 Å². The third-order valence-electron chi connectivity index (χ3n) is 16.1. The van der Waals surface area contributed by atoms with E-state index in [9.17, 15) is 0 Å². The molecule has 6 rings (SSSR count). The van der Waals surface area contributed by atoms with Crippen molar-refractivity contribution in [3.8, 4) is 0 Å². The third kappa shape index (κ3) is 1.61. The summed E-state index contributed by atoms with van der Waals surface area (Å²) in [6.45, 7) is 34.2. The zero-order valence-corrected chi connectivity index (χ0v) is 23.7. The average Bonchev–Trinajstić information content (AvgIpc) is 3.07. The molecular weight excluding hydrogens is 396 g/mol. The number of fused-ring (bicyclic) bond motifs is 14. The zero-order chi connectivity index (χ0) is 24.5. The molecule has 0 heteroatoms. The molecule has 0 aromatic heterocycles. The summed E-state index contributed by atoms with van der Waals surface area (Å²) in [5.41, 5.74) is 8.74. The van der Waals surface area contributed by atoms with Crippen molar-refractivity contribution in [2.45, 2.75) is 102 Å². The summed E-state index contributed by atoms with van der Waals surface area (Å²) in [6.07, 6.45) is 0. The summed E-state index contributed by atoms with van der Waals surface area (Å²) in [6, 6.07) is 9.76. The summed E-state index contributed by atoms with van der Waals surface area (Å²) >= 11 is 0. The van der Waals surface area contributed by atoms with E-state index in [1.54, 1.807) is 22.3 Å². The summed E-state index contributed by atoms with van der Waals surface area (Å²) in [4.78, 5) is 0. The highest BCUT2D eigenvalue weighted by molar-refractivity contribution is 5.56. The van der Waals surface area contributed by atoms with Gasteiger partial charge in [0.1, 0.15) is 0 Å². The number of allylic oxidation sites excluding steroid dienone is 2. The monoisotopic (exact) mass is 444 g/mol. The van der Waals surface area contributed by atoms with Gasteiger partial charge in [0.2, 0.25) is 0 Å². The van der Waals surface area contributed by atoms with Gasteiger partial charge in [-0.15, -0.1) is 0 Å². The Labute approximate surface area is 204 Å². The molecule has 3 fully saturated rings. The Morgan fingerprint density at radius 1 is 0.606 bits per heavy atom. The maximum atomic E-state index is 2.74. The molecule has 0 heterocycles. The van der Waals surface area contributed by atoms with Crippen molar-refractivity contribution in [1.82, 2.24) is 0 Å². The van der Waals surface area contributed by atoms with Gasteiger partial charge in [-0.3, -0.25) is 0 Å². The van der Waals surface area contributed by atoms with Gasteiger partial charge in [-0.25, -0.2) is 0 Å². The first-order valence-corrected chi connectivity index (χ1v) is 13.7. The van der Waals surface area contributed by atoms with Crippen LogP contribution in [0.1, 0.15) is 113 Å². The quantitative estimate of drug-likeness (QED) is 0.350. The van der Waals surface area contributed by atoms with Crippen LogP contribution in [-0.2, 0) is 0 Å². The van der Waals surface area contributed by atoms with Crippen LogP contribution in [0, 0.1) is 55.7 Å². The molecule has 0 aliphatic heterocycles. The highest BCUT2D eigenvalue weighted by Crippen LogP contribution is 2.93. The van der Waals surface area contributed by atoms with E-state index < -0.39 is 0 Å². The van der Waals surface area contributed by atoms with Crippen LogP contribution < -0.4 is 0 Å². The van der Waals surface area contributed by atoms with Gasteiger partial charge in [0.05, 0.1) is 0 Å². The van der Waals surface area contributed by atoms with E-state index in [0.717, 1.165) is 5.92 Å². The summed E-state index contributed by atoms with van der Waals surface area (Å²) in [7, 11) is 0.